The van der Waals surface area contributed by atoms with Crippen LogP contribution in [0.15, 0.2) is 42.5 Å². The van der Waals surface area contributed by atoms with E-state index < -0.39 is 23.2 Å². The highest BCUT2D eigenvalue weighted by atomic mass is 19.4. The first-order valence-corrected chi connectivity index (χ1v) is 9.21. The monoisotopic (exact) mass is 388 g/mol. The lowest BCUT2D eigenvalue weighted by atomic mass is 9.98. The van der Waals surface area contributed by atoms with E-state index >= 15 is 0 Å². The van der Waals surface area contributed by atoms with E-state index in [1.165, 1.54) is 12.1 Å². The van der Waals surface area contributed by atoms with E-state index in [9.17, 15) is 22.8 Å². The Hall–Kier alpha value is -2.83. The number of fused-ring (bicyclic) bond motifs is 1. The summed E-state index contributed by atoms with van der Waals surface area (Å²) in [4.78, 5) is 26.6. The Bertz CT molecular complexity index is 935. The van der Waals surface area contributed by atoms with Crippen molar-refractivity contribution in [2.45, 2.75) is 32.0 Å². The van der Waals surface area contributed by atoms with Gasteiger partial charge in [-0.2, -0.15) is 13.2 Å². The van der Waals surface area contributed by atoms with Gasteiger partial charge in [0.2, 0.25) is 5.91 Å². The number of alkyl halides is 3. The Morgan fingerprint density at radius 3 is 2.50 bits per heavy atom. The van der Waals surface area contributed by atoms with Gasteiger partial charge >= 0.3 is 6.18 Å². The summed E-state index contributed by atoms with van der Waals surface area (Å²) >= 11 is 0. The topological polar surface area (TPSA) is 49.4 Å². The SMILES string of the molecule is O=C(Nc1ccc2c(c1)CN(C(=O)C1CC1)CC2)c1ccccc1C(F)(F)F. The summed E-state index contributed by atoms with van der Waals surface area (Å²) in [5, 5.41) is 2.56. The minimum absolute atomic E-state index is 0.142. The lowest BCUT2D eigenvalue weighted by molar-refractivity contribution is -0.138. The number of halogens is 3. The number of carbonyl (C=O) groups is 2. The molecule has 0 saturated heterocycles. The van der Waals surface area contributed by atoms with Crippen LogP contribution in [0, 0.1) is 5.92 Å². The molecule has 1 heterocycles. The Morgan fingerprint density at radius 1 is 1.04 bits per heavy atom. The van der Waals surface area contributed by atoms with Crippen LogP contribution in [0.25, 0.3) is 0 Å². The van der Waals surface area contributed by atoms with Gasteiger partial charge in [0.15, 0.2) is 0 Å². The molecule has 0 unspecified atom stereocenters. The van der Waals surface area contributed by atoms with Crippen LogP contribution in [-0.4, -0.2) is 23.3 Å². The molecule has 1 aliphatic heterocycles. The van der Waals surface area contributed by atoms with Gasteiger partial charge in [-0.3, -0.25) is 9.59 Å². The first-order valence-electron chi connectivity index (χ1n) is 9.21. The molecule has 1 saturated carbocycles. The van der Waals surface area contributed by atoms with E-state index in [0.29, 0.717) is 18.8 Å². The molecule has 1 N–H and O–H groups in total. The molecule has 1 fully saturated rings. The lowest BCUT2D eigenvalue weighted by Gasteiger charge is -2.29. The lowest BCUT2D eigenvalue weighted by Crippen LogP contribution is -2.36. The van der Waals surface area contributed by atoms with E-state index in [1.54, 1.807) is 12.1 Å². The summed E-state index contributed by atoms with van der Waals surface area (Å²) in [5.41, 5.74) is 1.04. The van der Waals surface area contributed by atoms with E-state index in [1.807, 2.05) is 11.0 Å². The molecule has 4 rings (SSSR count). The zero-order valence-electron chi connectivity index (χ0n) is 15.1. The second kappa shape index (κ2) is 6.96. The highest BCUT2D eigenvalue weighted by Crippen LogP contribution is 2.34. The molecule has 2 aliphatic rings. The third-order valence-corrected chi connectivity index (χ3v) is 5.19. The van der Waals surface area contributed by atoms with Gasteiger partial charge in [-0.25, -0.2) is 0 Å². The van der Waals surface area contributed by atoms with Crippen LogP contribution in [0.1, 0.15) is 39.9 Å². The molecule has 146 valence electrons. The van der Waals surface area contributed by atoms with Gasteiger partial charge in [0.25, 0.3) is 5.91 Å². The van der Waals surface area contributed by atoms with Crippen LogP contribution < -0.4 is 5.32 Å². The van der Waals surface area contributed by atoms with Crippen molar-refractivity contribution < 1.29 is 22.8 Å². The van der Waals surface area contributed by atoms with Gasteiger partial charge in [-0.1, -0.05) is 18.2 Å². The molecule has 2 aromatic carbocycles. The van der Waals surface area contributed by atoms with Gasteiger partial charge in [-0.05, 0) is 54.7 Å². The first-order chi connectivity index (χ1) is 13.3. The second-order valence-electron chi connectivity index (χ2n) is 7.27. The largest absolute Gasteiger partial charge is 0.417 e. The van der Waals surface area contributed by atoms with Crippen LogP contribution in [0.5, 0.6) is 0 Å². The zero-order valence-corrected chi connectivity index (χ0v) is 15.1. The summed E-state index contributed by atoms with van der Waals surface area (Å²) in [7, 11) is 0. The zero-order chi connectivity index (χ0) is 19.9. The van der Waals surface area contributed by atoms with E-state index in [-0.39, 0.29) is 11.8 Å². The van der Waals surface area contributed by atoms with Crippen LogP contribution in [0.2, 0.25) is 0 Å². The summed E-state index contributed by atoms with van der Waals surface area (Å²) in [5.74, 6) is -0.503. The van der Waals surface area contributed by atoms with Crippen molar-refractivity contribution in [2.24, 2.45) is 5.92 Å². The molecule has 0 atom stereocenters. The van der Waals surface area contributed by atoms with Crippen molar-refractivity contribution in [2.75, 3.05) is 11.9 Å². The number of benzene rings is 2. The molecule has 2 aromatic rings. The highest BCUT2D eigenvalue weighted by Gasteiger charge is 2.36. The molecule has 28 heavy (non-hydrogen) atoms. The van der Waals surface area contributed by atoms with Crippen molar-refractivity contribution in [3.8, 4) is 0 Å². The second-order valence-corrected chi connectivity index (χ2v) is 7.27. The number of nitrogens with one attached hydrogen (secondary N) is 1. The van der Waals surface area contributed by atoms with Crippen LogP contribution >= 0.6 is 0 Å². The van der Waals surface area contributed by atoms with Gasteiger partial charge in [0, 0.05) is 24.7 Å². The molecule has 7 heteroatoms. The molecule has 0 spiro atoms. The van der Waals surface area contributed by atoms with Crippen molar-refractivity contribution in [3.05, 3.63) is 64.7 Å². The smallest absolute Gasteiger partial charge is 0.338 e. The van der Waals surface area contributed by atoms with Crippen LogP contribution in [0.3, 0.4) is 0 Å². The molecule has 2 amide bonds. The number of hydrogen-bond acceptors (Lipinski definition) is 2. The van der Waals surface area contributed by atoms with Crippen molar-refractivity contribution >= 4 is 17.5 Å². The Balaban J connectivity index is 1.53. The minimum atomic E-state index is -4.60. The molecule has 0 bridgehead atoms. The fourth-order valence-electron chi connectivity index (χ4n) is 3.54. The normalized spacial score (nSPS) is 16.5. The Morgan fingerprint density at radius 2 is 1.79 bits per heavy atom. The summed E-state index contributed by atoms with van der Waals surface area (Å²) in [6, 6.07) is 10.00. The third-order valence-electron chi connectivity index (χ3n) is 5.19. The molecule has 0 aromatic heterocycles. The predicted octanol–water partition coefficient (Wildman–Crippen LogP) is 4.25. The van der Waals surface area contributed by atoms with Gasteiger partial charge in [-0.15, -0.1) is 0 Å². The summed E-state index contributed by atoms with van der Waals surface area (Å²) in [6.07, 6.45) is -1.99. The average molecular weight is 388 g/mol. The van der Waals surface area contributed by atoms with Crippen LogP contribution in [-0.2, 0) is 23.9 Å². The number of hydrogen-bond donors (Lipinski definition) is 1. The molecule has 0 radical (unpaired) electrons. The fraction of sp³-hybridized carbons (Fsp3) is 0.333. The molecule has 4 nitrogen and oxygen atoms in total. The maximum Gasteiger partial charge on any atom is 0.417 e. The van der Waals surface area contributed by atoms with E-state index in [0.717, 1.165) is 42.5 Å². The summed E-state index contributed by atoms with van der Waals surface area (Å²) in [6.45, 7) is 1.14. The molecular weight excluding hydrogens is 369 g/mol. The number of rotatable bonds is 3. The Labute approximate surface area is 160 Å². The summed E-state index contributed by atoms with van der Waals surface area (Å²) < 4.78 is 39.4. The van der Waals surface area contributed by atoms with Crippen LogP contribution in [0.4, 0.5) is 18.9 Å². The Kier molecular flexibility index (Phi) is 4.61. The van der Waals surface area contributed by atoms with Crippen molar-refractivity contribution in [1.29, 1.82) is 0 Å². The maximum atomic E-state index is 13.1. The predicted molar refractivity (Wildman–Crippen MR) is 97.7 cm³/mol. The van der Waals surface area contributed by atoms with Gasteiger partial charge in [0.05, 0.1) is 11.1 Å². The molecule has 1 aliphatic carbocycles. The number of nitrogens with zero attached hydrogens (tertiary/aromatic N) is 1. The fourth-order valence-corrected chi connectivity index (χ4v) is 3.54. The van der Waals surface area contributed by atoms with Crippen molar-refractivity contribution in [3.63, 3.8) is 0 Å². The quantitative estimate of drug-likeness (QED) is 0.855. The van der Waals surface area contributed by atoms with Gasteiger partial charge < -0.3 is 10.2 Å². The van der Waals surface area contributed by atoms with Crippen molar-refractivity contribution in [1.82, 2.24) is 4.90 Å². The molecular formula is C21H19F3N2O2. The third kappa shape index (κ3) is 3.74. The number of anilines is 1. The van der Waals surface area contributed by atoms with E-state index in [2.05, 4.69) is 5.32 Å². The maximum absolute atomic E-state index is 13.1. The first kappa shape index (κ1) is 18.5. The number of carbonyl (C=O) groups excluding carboxylic acids is 2. The highest BCUT2D eigenvalue weighted by molar-refractivity contribution is 6.05. The standard InChI is InChI=1S/C21H19F3N2O2/c22-21(23,24)18-4-2-1-3-17(18)19(27)25-16-8-7-13-9-10-26(12-15(13)11-16)20(28)14-5-6-14/h1-4,7-8,11,14H,5-6,9-10,12H2,(H,25,27). The van der Waals surface area contributed by atoms with E-state index in [4.69, 9.17) is 0 Å². The number of amides is 2. The van der Waals surface area contributed by atoms with Gasteiger partial charge in [0.1, 0.15) is 0 Å². The average Bonchev–Trinajstić information content (AvgIpc) is 3.51. The minimum Gasteiger partial charge on any atom is -0.338 e.